The third-order valence-corrected chi connectivity index (χ3v) is 10.8. The number of Topliss-reactive ketones (excluding diaryl/α,β-unsaturated/α-hetero) is 1. The first-order chi connectivity index (χ1) is 23.2. The summed E-state index contributed by atoms with van der Waals surface area (Å²) >= 11 is 0. The largest absolute Gasteiger partial charge is 0.344 e. The van der Waals surface area contributed by atoms with Crippen LogP contribution in [-0.2, 0) is 14.4 Å². The van der Waals surface area contributed by atoms with Crippen LogP contribution in [-0.4, -0.2) is 82.4 Å². The van der Waals surface area contributed by atoms with Crippen molar-refractivity contribution in [3.63, 3.8) is 0 Å². The number of rotatable bonds is 12. The van der Waals surface area contributed by atoms with Crippen molar-refractivity contribution in [1.82, 2.24) is 24.9 Å². The number of nitrogens with zero attached hydrogens (tertiary/aromatic N) is 4. The molecular formula is C37H53FN6O4. The maximum absolute atomic E-state index is 15.8. The molecule has 2 aliphatic carbocycles. The van der Waals surface area contributed by atoms with Gasteiger partial charge in [0.15, 0.2) is 5.78 Å². The molecule has 2 heterocycles. The molecule has 11 heteroatoms. The fourth-order valence-electron chi connectivity index (χ4n) is 7.70. The van der Waals surface area contributed by atoms with Crippen LogP contribution in [0.15, 0.2) is 30.5 Å². The van der Waals surface area contributed by atoms with Gasteiger partial charge in [-0.25, -0.2) is 4.39 Å². The molecule has 1 saturated heterocycles. The Bertz CT molecular complexity index is 1420. The molecule has 1 aliphatic heterocycles. The predicted octanol–water partition coefficient (Wildman–Crippen LogP) is 5.71. The normalized spacial score (nSPS) is 20.1. The lowest BCUT2D eigenvalue weighted by molar-refractivity contribution is -0.138. The van der Waals surface area contributed by atoms with Crippen molar-refractivity contribution >= 4 is 29.2 Å². The second-order valence-corrected chi connectivity index (χ2v) is 14.1. The number of hydrogen-bond donors (Lipinski definition) is 2. The minimum Gasteiger partial charge on any atom is -0.344 e. The van der Waals surface area contributed by atoms with Crippen LogP contribution in [0.4, 0.5) is 10.1 Å². The van der Waals surface area contributed by atoms with Gasteiger partial charge >= 0.3 is 0 Å². The number of carbonyl (C=O) groups excluding carboxylic acids is 4. The Kier molecular flexibility index (Phi) is 12.4. The van der Waals surface area contributed by atoms with Gasteiger partial charge in [0.05, 0.1) is 11.7 Å². The lowest BCUT2D eigenvalue weighted by Crippen LogP contribution is -2.55. The Morgan fingerprint density at radius 3 is 2.25 bits per heavy atom. The van der Waals surface area contributed by atoms with E-state index < -0.39 is 23.7 Å². The number of amides is 3. The van der Waals surface area contributed by atoms with Gasteiger partial charge in [0.2, 0.25) is 17.7 Å². The Morgan fingerprint density at radius 2 is 1.60 bits per heavy atom. The van der Waals surface area contributed by atoms with Crippen LogP contribution in [0, 0.1) is 17.7 Å². The number of nitrogens with one attached hydrogen (secondary N) is 2. The number of anilines is 1. The van der Waals surface area contributed by atoms with Crippen LogP contribution in [0.25, 0.3) is 0 Å². The monoisotopic (exact) mass is 664 g/mol. The SMILES string of the molecule is CCC(=O)N[C@@H](C(=O)N1CCN(C)CC1)[C@@H](C)c1ccc(NC(=O)[C@@H](CC(=O)c2ccnn2C2CCCC2)C2CCCCCC2)c(F)c1. The van der Waals surface area contributed by atoms with E-state index in [1.54, 1.807) is 30.2 Å². The highest BCUT2D eigenvalue weighted by Gasteiger charge is 2.35. The van der Waals surface area contributed by atoms with Gasteiger partial charge in [0, 0.05) is 57.1 Å². The maximum Gasteiger partial charge on any atom is 0.245 e. The number of benzene rings is 1. The van der Waals surface area contributed by atoms with E-state index in [2.05, 4.69) is 20.6 Å². The van der Waals surface area contributed by atoms with Gasteiger partial charge in [0.25, 0.3) is 0 Å². The summed E-state index contributed by atoms with van der Waals surface area (Å²) in [5.74, 6) is -2.55. The van der Waals surface area contributed by atoms with Gasteiger partial charge in [-0.3, -0.25) is 23.9 Å². The number of ketones is 1. The highest BCUT2D eigenvalue weighted by molar-refractivity contribution is 6.00. The molecule has 1 aromatic heterocycles. The predicted molar refractivity (Wildman–Crippen MR) is 183 cm³/mol. The molecule has 2 N–H and O–H groups in total. The second-order valence-electron chi connectivity index (χ2n) is 14.1. The van der Waals surface area contributed by atoms with Crippen LogP contribution in [0.3, 0.4) is 0 Å². The second kappa shape index (κ2) is 16.7. The molecule has 48 heavy (non-hydrogen) atoms. The molecule has 3 amide bonds. The summed E-state index contributed by atoms with van der Waals surface area (Å²) < 4.78 is 17.6. The third kappa shape index (κ3) is 8.70. The van der Waals surface area contributed by atoms with E-state index in [9.17, 15) is 19.2 Å². The minimum atomic E-state index is -0.844. The summed E-state index contributed by atoms with van der Waals surface area (Å²) in [6.07, 6.45) is 12.1. The summed E-state index contributed by atoms with van der Waals surface area (Å²) in [7, 11) is 2.01. The highest BCUT2D eigenvalue weighted by atomic mass is 19.1. The molecule has 5 rings (SSSR count). The van der Waals surface area contributed by atoms with Crippen molar-refractivity contribution in [2.24, 2.45) is 11.8 Å². The first-order valence-electron chi connectivity index (χ1n) is 18.1. The molecule has 0 spiro atoms. The van der Waals surface area contributed by atoms with E-state index in [1.807, 2.05) is 18.7 Å². The Morgan fingerprint density at radius 1 is 0.938 bits per heavy atom. The van der Waals surface area contributed by atoms with Crippen molar-refractivity contribution in [2.45, 2.75) is 109 Å². The van der Waals surface area contributed by atoms with Crippen molar-refractivity contribution in [3.8, 4) is 0 Å². The van der Waals surface area contributed by atoms with E-state index in [0.717, 1.165) is 77.3 Å². The van der Waals surface area contributed by atoms with Crippen LogP contribution in [0.5, 0.6) is 0 Å². The molecule has 0 unspecified atom stereocenters. The summed E-state index contributed by atoms with van der Waals surface area (Å²) in [5, 5.41) is 10.2. The minimum absolute atomic E-state index is 0.0326. The molecule has 0 bridgehead atoms. The summed E-state index contributed by atoms with van der Waals surface area (Å²) in [4.78, 5) is 57.6. The van der Waals surface area contributed by atoms with E-state index >= 15 is 4.39 Å². The molecule has 262 valence electrons. The van der Waals surface area contributed by atoms with Crippen molar-refractivity contribution < 1.29 is 23.6 Å². The average molecular weight is 665 g/mol. The zero-order valence-corrected chi connectivity index (χ0v) is 28.9. The van der Waals surface area contributed by atoms with Gasteiger partial charge in [-0.2, -0.15) is 5.10 Å². The summed E-state index contributed by atoms with van der Waals surface area (Å²) in [6.45, 7) is 6.16. The Labute approximate surface area is 284 Å². The number of hydrogen-bond acceptors (Lipinski definition) is 6. The van der Waals surface area contributed by atoms with Crippen molar-refractivity contribution in [2.75, 3.05) is 38.5 Å². The number of halogens is 1. The van der Waals surface area contributed by atoms with Gasteiger partial charge in [-0.1, -0.05) is 58.4 Å². The molecule has 0 radical (unpaired) electrons. The lowest BCUT2D eigenvalue weighted by atomic mass is 9.81. The van der Waals surface area contributed by atoms with Crippen LogP contribution in [0.2, 0.25) is 0 Å². The zero-order valence-electron chi connectivity index (χ0n) is 28.9. The smallest absolute Gasteiger partial charge is 0.245 e. The third-order valence-electron chi connectivity index (χ3n) is 10.8. The van der Waals surface area contributed by atoms with Gasteiger partial charge in [-0.15, -0.1) is 0 Å². The number of likely N-dealkylation sites (N-methyl/N-ethyl adjacent to an activating group) is 1. The van der Waals surface area contributed by atoms with E-state index in [-0.39, 0.29) is 54.0 Å². The standard InChI is InChI=1S/C37H53FN6O4/c1-4-34(46)41-35(37(48)43-21-19-42(3)20-22-43)25(2)27-15-16-31(30(38)23-27)40-36(47)29(26-11-7-5-6-8-12-26)24-33(45)32-17-18-39-44(32)28-13-9-10-14-28/h15-18,23,25-26,28-29,35H,4-14,19-22,24H2,1-3H3,(H,40,47)(H,41,46)/t25-,29-,35+/m0/s1. The Hall–Kier alpha value is -3.60. The quantitative estimate of drug-likeness (QED) is 0.222. The molecule has 1 aromatic carbocycles. The molecule has 3 fully saturated rings. The molecular weight excluding hydrogens is 611 g/mol. The van der Waals surface area contributed by atoms with Crippen molar-refractivity contribution in [1.29, 1.82) is 0 Å². The average Bonchev–Trinajstić information content (AvgIpc) is 3.74. The topological polar surface area (TPSA) is 117 Å². The lowest BCUT2D eigenvalue weighted by Gasteiger charge is -2.36. The fourth-order valence-corrected chi connectivity index (χ4v) is 7.70. The number of carbonyl (C=O) groups is 4. The highest BCUT2D eigenvalue weighted by Crippen LogP contribution is 2.35. The number of piperazine rings is 1. The first-order valence-corrected chi connectivity index (χ1v) is 18.1. The number of aromatic nitrogens is 2. The molecule has 10 nitrogen and oxygen atoms in total. The van der Waals surface area contributed by atoms with Crippen molar-refractivity contribution in [3.05, 3.63) is 47.5 Å². The zero-order chi connectivity index (χ0) is 34.2. The van der Waals surface area contributed by atoms with Gasteiger partial charge < -0.3 is 20.4 Å². The first kappa shape index (κ1) is 35.7. The van der Waals surface area contributed by atoms with E-state index in [0.29, 0.717) is 24.3 Å². The maximum atomic E-state index is 15.8. The molecule has 2 aromatic rings. The molecule has 3 atom stereocenters. The fraction of sp³-hybridized carbons (Fsp3) is 0.649. The van der Waals surface area contributed by atoms with Crippen LogP contribution >= 0.6 is 0 Å². The molecule has 2 saturated carbocycles. The van der Waals surface area contributed by atoms with Crippen LogP contribution in [0.1, 0.15) is 119 Å². The molecule has 3 aliphatic rings. The van der Waals surface area contributed by atoms with Gasteiger partial charge in [0.1, 0.15) is 17.6 Å². The Balaban J connectivity index is 1.32. The van der Waals surface area contributed by atoms with Gasteiger partial charge in [-0.05, 0) is 62.4 Å². The summed E-state index contributed by atoms with van der Waals surface area (Å²) in [6, 6.07) is 5.70. The summed E-state index contributed by atoms with van der Waals surface area (Å²) in [5.41, 5.74) is 1.14. The van der Waals surface area contributed by atoms with Crippen LogP contribution < -0.4 is 10.6 Å². The van der Waals surface area contributed by atoms with E-state index in [4.69, 9.17) is 0 Å². The van der Waals surface area contributed by atoms with E-state index in [1.165, 1.54) is 12.1 Å².